The van der Waals surface area contributed by atoms with Crippen molar-refractivity contribution in [3.8, 4) is 0 Å². The number of halogens is 1. The largest absolute Gasteiger partial charge is 0.147 e. The standard InChI is InChI=1S/C26H24P.ClH/c1-22-13-11-12-14-23(22)21-27(24-15-5-2-6-16-24,25-17-7-3-8-18-25)26-19-9-4-10-20-26;/h2-20H,21H2,1H3;1H/q+1;. The van der Waals surface area contributed by atoms with Gasteiger partial charge >= 0.3 is 0 Å². The van der Waals surface area contributed by atoms with Crippen molar-refractivity contribution in [3.63, 3.8) is 0 Å². The predicted octanol–water partition coefficient (Wildman–Crippen LogP) is 5.91. The molecule has 0 aliphatic rings. The van der Waals surface area contributed by atoms with Gasteiger partial charge in [-0.25, -0.2) is 0 Å². The van der Waals surface area contributed by atoms with E-state index in [1.165, 1.54) is 27.0 Å². The van der Waals surface area contributed by atoms with E-state index in [0.717, 1.165) is 6.16 Å². The van der Waals surface area contributed by atoms with Crippen LogP contribution in [0.5, 0.6) is 0 Å². The van der Waals surface area contributed by atoms with Crippen molar-refractivity contribution in [1.82, 2.24) is 0 Å². The fraction of sp³-hybridized carbons (Fsp3) is 0.0769. The average Bonchev–Trinajstić information content (AvgIpc) is 2.75. The molecule has 0 unspecified atom stereocenters. The highest BCUT2D eigenvalue weighted by Gasteiger charge is 2.45. The summed E-state index contributed by atoms with van der Waals surface area (Å²) in [4.78, 5) is 0. The number of benzene rings is 4. The first kappa shape index (κ1) is 20.3. The summed E-state index contributed by atoms with van der Waals surface area (Å²) in [5.74, 6) is 0. The molecule has 0 nitrogen and oxygen atoms in total. The highest BCUT2D eigenvalue weighted by Crippen LogP contribution is 2.58. The van der Waals surface area contributed by atoms with E-state index in [2.05, 4.69) is 122 Å². The molecular formula is C26H25ClP+. The quantitative estimate of drug-likeness (QED) is 0.363. The molecule has 0 bridgehead atoms. The molecule has 140 valence electrons. The molecular weight excluding hydrogens is 379 g/mol. The average molecular weight is 404 g/mol. The lowest BCUT2D eigenvalue weighted by atomic mass is 10.1. The second-order valence-electron chi connectivity index (χ2n) is 6.90. The second kappa shape index (κ2) is 9.20. The van der Waals surface area contributed by atoms with Crippen LogP contribution in [0.2, 0.25) is 0 Å². The van der Waals surface area contributed by atoms with Crippen molar-refractivity contribution in [3.05, 3.63) is 126 Å². The zero-order valence-electron chi connectivity index (χ0n) is 16.0. The Morgan fingerprint density at radius 3 is 1.25 bits per heavy atom. The second-order valence-corrected chi connectivity index (χ2v) is 10.4. The number of aryl methyl sites for hydroxylation is 1. The summed E-state index contributed by atoms with van der Waals surface area (Å²) >= 11 is 0. The maximum absolute atomic E-state index is 2.31. The van der Waals surface area contributed by atoms with Crippen molar-refractivity contribution in [1.29, 1.82) is 0 Å². The molecule has 0 saturated carbocycles. The molecule has 0 heterocycles. The molecule has 0 spiro atoms. The minimum atomic E-state index is -1.80. The van der Waals surface area contributed by atoms with Gasteiger partial charge in [-0.05, 0) is 54.4 Å². The van der Waals surface area contributed by atoms with Crippen LogP contribution in [0.1, 0.15) is 11.1 Å². The maximum atomic E-state index is 2.31. The minimum absolute atomic E-state index is 0. The van der Waals surface area contributed by atoms with Crippen molar-refractivity contribution in [2.45, 2.75) is 13.1 Å². The predicted molar refractivity (Wildman–Crippen MR) is 127 cm³/mol. The molecule has 0 atom stereocenters. The molecule has 2 heteroatoms. The van der Waals surface area contributed by atoms with Crippen LogP contribution in [-0.4, -0.2) is 0 Å². The highest BCUT2D eigenvalue weighted by atomic mass is 35.5. The van der Waals surface area contributed by atoms with Gasteiger partial charge in [-0.15, -0.1) is 12.4 Å². The lowest BCUT2D eigenvalue weighted by Crippen LogP contribution is -2.32. The normalized spacial score (nSPS) is 10.9. The first-order valence-corrected chi connectivity index (χ1v) is 11.4. The third kappa shape index (κ3) is 3.90. The Morgan fingerprint density at radius 1 is 0.500 bits per heavy atom. The SMILES string of the molecule is Cc1ccccc1C[P+](c1ccccc1)(c1ccccc1)c1ccccc1.Cl. The van der Waals surface area contributed by atoms with E-state index in [1.807, 2.05) is 0 Å². The van der Waals surface area contributed by atoms with E-state index in [1.54, 1.807) is 0 Å². The van der Waals surface area contributed by atoms with Crippen molar-refractivity contribution in [2.75, 3.05) is 0 Å². The van der Waals surface area contributed by atoms with Crippen molar-refractivity contribution in [2.24, 2.45) is 0 Å². The molecule has 28 heavy (non-hydrogen) atoms. The summed E-state index contributed by atoms with van der Waals surface area (Å²) in [5.41, 5.74) is 2.80. The molecule has 0 fully saturated rings. The smallest absolute Gasteiger partial charge is 0.116 e. The molecule has 4 rings (SSSR count). The monoisotopic (exact) mass is 403 g/mol. The van der Waals surface area contributed by atoms with Crippen LogP contribution in [-0.2, 0) is 6.16 Å². The zero-order valence-corrected chi connectivity index (χ0v) is 17.7. The third-order valence-electron chi connectivity index (χ3n) is 5.26. The van der Waals surface area contributed by atoms with Crippen LogP contribution in [0.3, 0.4) is 0 Å². The van der Waals surface area contributed by atoms with Gasteiger partial charge in [0.1, 0.15) is 23.2 Å². The molecule has 0 aromatic heterocycles. The van der Waals surface area contributed by atoms with Gasteiger partial charge in [-0.3, -0.25) is 0 Å². The Bertz CT molecular complexity index is 901. The summed E-state index contributed by atoms with van der Waals surface area (Å²) in [6, 6.07) is 42.1. The van der Waals surface area contributed by atoms with Gasteiger partial charge in [0.25, 0.3) is 0 Å². The lowest BCUT2D eigenvalue weighted by molar-refractivity contribution is 1.29. The van der Waals surface area contributed by atoms with E-state index in [-0.39, 0.29) is 12.4 Å². The van der Waals surface area contributed by atoms with Gasteiger partial charge in [0.2, 0.25) is 0 Å². The number of hydrogen-bond donors (Lipinski definition) is 0. The summed E-state index contributed by atoms with van der Waals surface area (Å²) in [7, 11) is -1.80. The van der Waals surface area contributed by atoms with Gasteiger partial charge < -0.3 is 0 Å². The van der Waals surface area contributed by atoms with E-state index in [9.17, 15) is 0 Å². The summed E-state index contributed by atoms with van der Waals surface area (Å²) in [6.07, 6.45) is 1.04. The first-order chi connectivity index (χ1) is 13.3. The van der Waals surface area contributed by atoms with Gasteiger partial charge in [0.05, 0.1) is 6.16 Å². The molecule has 4 aromatic carbocycles. The number of rotatable bonds is 5. The molecule has 0 N–H and O–H groups in total. The summed E-state index contributed by atoms with van der Waals surface area (Å²) < 4.78 is 0. The third-order valence-corrected chi connectivity index (χ3v) is 9.61. The molecule has 0 aliphatic heterocycles. The topological polar surface area (TPSA) is 0 Å². The van der Waals surface area contributed by atoms with Gasteiger partial charge in [-0.1, -0.05) is 78.9 Å². The first-order valence-electron chi connectivity index (χ1n) is 9.40. The molecule has 0 aliphatic carbocycles. The zero-order chi connectivity index (χ0) is 18.5. The van der Waals surface area contributed by atoms with Gasteiger partial charge in [-0.2, -0.15) is 0 Å². The summed E-state index contributed by atoms with van der Waals surface area (Å²) in [6.45, 7) is 2.23. The van der Waals surface area contributed by atoms with E-state index in [0.29, 0.717) is 0 Å². The lowest BCUT2D eigenvalue weighted by Gasteiger charge is -2.28. The molecule has 0 saturated heterocycles. The van der Waals surface area contributed by atoms with Crippen LogP contribution in [0.25, 0.3) is 0 Å². The Morgan fingerprint density at radius 2 is 0.857 bits per heavy atom. The molecule has 4 aromatic rings. The van der Waals surface area contributed by atoms with Gasteiger partial charge in [0.15, 0.2) is 0 Å². The van der Waals surface area contributed by atoms with E-state index in [4.69, 9.17) is 0 Å². The van der Waals surface area contributed by atoms with Gasteiger partial charge in [0, 0.05) is 0 Å². The molecule has 0 radical (unpaired) electrons. The van der Waals surface area contributed by atoms with Crippen molar-refractivity contribution >= 4 is 35.6 Å². The van der Waals surface area contributed by atoms with Crippen LogP contribution >= 0.6 is 19.7 Å². The van der Waals surface area contributed by atoms with E-state index < -0.39 is 7.26 Å². The summed E-state index contributed by atoms with van der Waals surface area (Å²) in [5, 5.41) is 4.31. The maximum Gasteiger partial charge on any atom is 0.116 e. The Kier molecular flexibility index (Phi) is 6.68. The Labute approximate surface area is 175 Å². The Hall–Kier alpha value is -2.40. The Balaban J connectivity index is 0.00000225. The molecule has 0 amide bonds. The fourth-order valence-electron chi connectivity index (χ4n) is 3.81. The van der Waals surface area contributed by atoms with Crippen LogP contribution < -0.4 is 15.9 Å². The van der Waals surface area contributed by atoms with Crippen LogP contribution in [0.4, 0.5) is 0 Å². The van der Waals surface area contributed by atoms with Crippen LogP contribution in [0, 0.1) is 6.92 Å². The fourth-order valence-corrected chi connectivity index (χ4v) is 8.16. The van der Waals surface area contributed by atoms with Crippen LogP contribution in [0.15, 0.2) is 115 Å². The highest BCUT2D eigenvalue weighted by molar-refractivity contribution is 7.95. The van der Waals surface area contributed by atoms with Crippen molar-refractivity contribution < 1.29 is 0 Å². The number of hydrogen-bond acceptors (Lipinski definition) is 0. The van der Waals surface area contributed by atoms with E-state index >= 15 is 0 Å². The minimum Gasteiger partial charge on any atom is -0.147 e.